The normalized spacial score (nSPS) is 14.7. The molecule has 1 aliphatic heterocycles. The highest BCUT2D eigenvalue weighted by atomic mass is 35.5. The molecule has 2 N–H and O–H groups in total. The van der Waals surface area contributed by atoms with E-state index in [1.165, 1.54) is 0 Å². The van der Waals surface area contributed by atoms with E-state index in [-0.39, 0.29) is 5.91 Å². The molecule has 0 unspecified atom stereocenters. The number of anilines is 1. The van der Waals surface area contributed by atoms with Crippen LogP contribution < -0.4 is 5.73 Å². The molecule has 3 nitrogen and oxygen atoms in total. The molecule has 0 bridgehead atoms. The third kappa shape index (κ3) is 2.74. The highest BCUT2D eigenvalue weighted by Crippen LogP contribution is 2.26. The molecule has 0 aromatic heterocycles. The number of nitrogens with zero attached hydrogens (tertiary/aromatic N) is 1. The molecule has 1 heterocycles. The van der Waals surface area contributed by atoms with Gasteiger partial charge < -0.3 is 10.6 Å². The van der Waals surface area contributed by atoms with Crippen LogP contribution in [0.4, 0.5) is 5.69 Å². The monoisotopic (exact) mass is 300 g/mol. The summed E-state index contributed by atoms with van der Waals surface area (Å²) in [7, 11) is 0. The Hall–Kier alpha value is -2.00. The minimum Gasteiger partial charge on any atom is -0.398 e. The molecule has 0 fully saturated rings. The quantitative estimate of drug-likeness (QED) is 0.863. The predicted molar refractivity (Wildman–Crippen MR) is 85.4 cm³/mol. The molecule has 0 spiro atoms. The second-order valence-electron chi connectivity index (χ2n) is 5.30. The number of rotatable bonds is 2. The number of nitrogen functional groups attached to an aromatic ring is 1. The third-order valence-electron chi connectivity index (χ3n) is 3.91. The number of halogens is 1. The summed E-state index contributed by atoms with van der Waals surface area (Å²) < 4.78 is 0. The molecule has 0 atom stereocenters. The zero-order chi connectivity index (χ0) is 14.8. The zero-order valence-corrected chi connectivity index (χ0v) is 12.4. The molecular weight excluding hydrogens is 284 g/mol. The number of aryl methyl sites for hydroxylation is 1. The summed E-state index contributed by atoms with van der Waals surface area (Å²) >= 11 is 6.22. The molecule has 3 rings (SSSR count). The van der Waals surface area contributed by atoms with Gasteiger partial charge in [-0.05, 0) is 36.6 Å². The summed E-state index contributed by atoms with van der Waals surface area (Å²) in [5, 5.41) is 0.611. The van der Waals surface area contributed by atoms with Gasteiger partial charge in [-0.1, -0.05) is 35.9 Å². The van der Waals surface area contributed by atoms with Gasteiger partial charge in [0.25, 0.3) is 5.91 Å². The maximum Gasteiger partial charge on any atom is 0.254 e. The summed E-state index contributed by atoms with van der Waals surface area (Å²) in [6, 6.07) is 13.3. The number of benzene rings is 2. The molecular formula is C17H17ClN2O. The van der Waals surface area contributed by atoms with Gasteiger partial charge in [0.2, 0.25) is 0 Å². The molecule has 0 saturated heterocycles. The Labute approximate surface area is 129 Å². The van der Waals surface area contributed by atoms with Crippen molar-refractivity contribution in [2.24, 2.45) is 0 Å². The fraction of sp³-hybridized carbons (Fsp3) is 0.235. The van der Waals surface area contributed by atoms with Gasteiger partial charge in [0, 0.05) is 34.9 Å². The number of hydrogen-bond donors (Lipinski definition) is 1. The van der Waals surface area contributed by atoms with Crippen molar-refractivity contribution in [3.63, 3.8) is 0 Å². The van der Waals surface area contributed by atoms with Crippen LogP contribution in [0.2, 0.25) is 5.02 Å². The van der Waals surface area contributed by atoms with Gasteiger partial charge >= 0.3 is 0 Å². The van der Waals surface area contributed by atoms with Crippen molar-refractivity contribution in [2.45, 2.75) is 19.4 Å². The van der Waals surface area contributed by atoms with E-state index in [2.05, 4.69) is 0 Å². The molecule has 0 radical (unpaired) electrons. The van der Waals surface area contributed by atoms with E-state index >= 15 is 0 Å². The SMILES string of the molecule is Nc1cccc(Cl)c1CN1CCCc2ccccc2C1=O. The Balaban J connectivity index is 1.92. The van der Waals surface area contributed by atoms with Crippen molar-refractivity contribution in [3.8, 4) is 0 Å². The standard InChI is InChI=1S/C17H17ClN2O/c18-15-8-3-9-16(19)14(15)11-20-10-4-6-12-5-1-2-7-13(12)17(20)21/h1-3,5,7-9H,4,6,10-11,19H2. The number of carbonyl (C=O) groups is 1. The lowest BCUT2D eigenvalue weighted by Gasteiger charge is -2.22. The van der Waals surface area contributed by atoms with Crippen LogP contribution >= 0.6 is 11.6 Å². The minimum atomic E-state index is 0.0578. The van der Waals surface area contributed by atoms with Crippen molar-refractivity contribution in [1.29, 1.82) is 0 Å². The molecule has 1 aliphatic rings. The summed E-state index contributed by atoms with van der Waals surface area (Å²) in [6.07, 6.45) is 1.88. The minimum absolute atomic E-state index is 0.0578. The molecule has 108 valence electrons. The van der Waals surface area contributed by atoms with E-state index in [0.29, 0.717) is 17.3 Å². The Morgan fingerprint density at radius 2 is 1.95 bits per heavy atom. The second kappa shape index (κ2) is 5.78. The topological polar surface area (TPSA) is 46.3 Å². The largest absolute Gasteiger partial charge is 0.398 e. The Morgan fingerprint density at radius 3 is 2.76 bits per heavy atom. The number of carbonyl (C=O) groups excluding carboxylic acids is 1. The van der Waals surface area contributed by atoms with Crippen LogP contribution in [0.25, 0.3) is 0 Å². The van der Waals surface area contributed by atoms with E-state index in [0.717, 1.165) is 36.1 Å². The summed E-state index contributed by atoms with van der Waals surface area (Å²) in [6.45, 7) is 1.18. The first-order valence-electron chi connectivity index (χ1n) is 7.07. The Bertz CT molecular complexity index is 664. The second-order valence-corrected chi connectivity index (χ2v) is 5.70. The van der Waals surface area contributed by atoms with Gasteiger partial charge in [0.1, 0.15) is 0 Å². The van der Waals surface area contributed by atoms with Gasteiger partial charge in [-0.15, -0.1) is 0 Å². The average molecular weight is 301 g/mol. The van der Waals surface area contributed by atoms with Crippen LogP contribution in [0.3, 0.4) is 0 Å². The van der Waals surface area contributed by atoms with E-state index in [9.17, 15) is 4.79 Å². The van der Waals surface area contributed by atoms with Gasteiger partial charge in [-0.3, -0.25) is 4.79 Å². The van der Waals surface area contributed by atoms with Gasteiger partial charge in [-0.25, -0.2) is 0 Å². The molecule has 21 heavy (non-hydrogen) atoms. The lowest BCUT2D eigenvalue weighted by Crippen LogP contribution is -2.30. The fourth-order valence-electron chi connectivity index (χ4n) is 2.76. The van der Waals surface area contributed by atoms with Crippen LogP contribution in [-0.2, 0) is 13.0 Å². The number of amides is 1. The average Bonchev–Trinajstić information content (AvgIpc) is 2.63. The molecule has 2 aromatic rings. The maximum absolute atomic E-state index is 12.7. The summed E-state index contributed by atoms with van der Waals surface area (Å²) in [5.74, 6) is 0.0578. The number of nitrogens with two attached hydrogens (primary N) is 1. The summed E-state index contributed by atoms with van der Waals surface area (Å²) in [4.78, 5) is 14.5. The first-order valence-corrected chi connectivity index (χ1v) is 7.44. The van der Waals surface area contributed by atoms with Crippen molar-refractivity contribution in [2.75, 3.05) is 12.3 Å². The van der Waals surface area contributed by atoms with Gasteiger partial charge in [0.05, 0.1) is 0 Å². The first kappa shape index (κ1) is 14.0. The van der Waals surface area contributed by atoms with Crippen LogP contribution in [-0.4, -0.2) is 17.4 Å². The van der Waals surface area contributed by atoms with Crippen LogP contribution in [0.5, 0.6) is 0 Å². The summed E-state index contributed by atoms with van der Waals surface area (Å²) in [5.41, 5.74) is 9.37. The number of fused-ring (bicyclic) bond motifs is 1. The van der Waals surface area contributed by atoms with E-state index < -0.39 is 0 Å². The maximum atomic E-state index is 12.7. The van der Waals surface area contributed by atoms with Crippen LogP contribution in [0, 0.1) is 0 Å². The van der Waals surface area contributed by atoms with Crippen molar-refractivity contribution >= 4 is 23.2 Å². The Morgan fingerprint density at radius 1 is 1.14 bits per heavy atom. The number of hydrogen-bond acceptors (Lipinski definition) is 2. The van der Waals surface area contributed by atoms with E-state index in [1.54, 1.807) is 0 Å². The predicted octanol–water partition coefficient (Wildman–Crippen LogP) is 3.51. The van der Waals surface area contributed by atoms with E-state index in [4.69, 9.17) is 17.3 Å². The van der Waals surface area contributed by atoms with Crippen molar-refractivity contribution in [3.05, 3.63) is 64.2 Å². The smallest absolute Gasteiger partial charge is 0.254 e. The first-order chi connectivity index (χ1) is 10.2. The Kier molecular flexibility index (Phi) is 3.84. The highest BCUT2D eigenvalue weighted by molar-refractivity contribution is 6.31. The van der Waals surface area contributed by atoms with Gasteiger partial charge in [0.15, 0.2) is 0 Å². The van der Waals surface area contributed by atoms with Crippen LogP contribution in [0.1, 0.15) is 27.9 Å². The van der Waals surface area contributed by atoms with Gasteiger partial charge in [-0.2, -0.15) is 0 Å². The molecule has 2 aromatic carbocycles. The lowest BCUT2D eigenvalue weighted by atomic mass is 10.0. The van der Waals surface area contributed by atoms with Crippen molar-refractivity contribution < 1.29 is 4.79 Å². The molecule has 4 heteroatoms. The van der Waals surface area contributed by atoms with Crippen molar-refractivity contribution in [1.82, 2.24) is 4.90 Å². The fourth-order valence-corrected chi connectivity index (χ4v) is 3.00. The third-order valence-corrected chi connectivity index (χ3v) is 4.27. The molecule has 1 amide bonds. The highest BCUT2D eigenvalue weighted by Gasteiger charge is 2.23. The van der Waals surface area contributed by atoms with Crippen LogP contribution in [0.15, 0.2) is 42.5 Å². The lowest BCUT2D eigenvalue weighted by molar-refractivity contribution is 0.0749. The molecule has 0 aliphatic carbocycles. The zero-order valence-electron chi connectivity index (χ0n) is 11.7. The molecule has 0 saturated carbocycles. The van der Waals surface area contributed by atoms with E-state index in [1.807, 2.05) is 47.4 Å².